The fourth-order valence-electron chi connectivity index (χ4n) is 2.30. The van der Waals surface area contributed by atoms with Crippen molar-refractivity contribution < 1.29 is 36.6 Å². The first kappa shape index (κ1) is 21.5. The second-order valence-electron chi connectivity index (χ2n) is 6.04. The Kier molecular flexibility index (Phi) is 6.82. The number of aromatic carboxylic acids is 1. The summed E-state index contributed by atoms with van der Waals surface area (Å²) in [5.74, 6) is -5.39. The van der Waals surface area contributed by atoms with Gasteiger partial charge in [-0.25, -0.2) is 4.79 Å². The van der Waals surface area contributed by atoms with Gasteiger partial charge in [0.15, 0.2) is 0 Å². The van der Waals surface area contributed by atoms with Crippen LogP contribution in [0, 0.1) is 0 Å². The topological polar surface area (TPSA) is 58.6 Å². The summed E-state index contributed by atoms with van der Waals surface area (Å²) in [6.45, 7) is 0.145. The Labute approximate surface area is 157 Å². The lowest BCUT2D eigenvalue weighted by atomic mass is 10.1. The molecule has 0 unspecified atom stereocenters. The van der Waals surface area contributed by atoms with Gasteiger partial charge >= 0.3 is 18.1 Å². The number of carboxylic acid groups (broad SMARTS) is 1. The van der Waals surface area contributed by atoms with Crippen LogP contribution >= 0.6 is 0 Å². The van der Waals surface area contributed by atoms with E-state index in [1.807, 2.05) is 0 Å². The van der Waals surface area contributed by atoms with Crippen molar-refractivity contribution in [2.24, 2.45) is 0 Å². The molecule has 2 rings (SSSR count). The second-order valence-corrected chi connectivity index (χ2v) is 6.04. The number of benzene rings is 2. The van der Waals surface area contributed by atoms with Gasteiger partial charge in [-0.15, -0.1) is 0 Å². The molecule has 9 heteroatoms. The minimum absolute atomic E-state index is 0.157. The molecule has 0 saturated heterocycles. The fourth-order valence-corrected chi connectivity index (χ4v) is 2.30. The number of alkyl halides is 5. The SMILES string of the molecule is O=C(O)c1cccc(NCc2ccc(OCCCC(F)(F)C(F)(F)F)cc2)c1. The Balaban J connectivity index is 1.79. The minimum Gasteiger partial charge on any atom is -0.494 e. The van der Waals surface area contributed by atoms with Crippen molar-refractivity contribution in [1.82, 2.24) is 0 Å². The van der Waals surface area contributed by atoms with E-state index in [1.165, 1.54) is 12.1 Å². The van der Waals surface area contributed by atoms with E-state index in [1.54, 1.807) is 36.4 Å². The van der Waals surface area contributed by atoms with E-state index in [4.69, 9.17) is 9.84 Å². The Morgan fingerprint density at radius 3 is 2.32 bits per heavy atom. The first-order valence-corrected chi connectivity index (χ1v) is 8.32. The number of carbonyl (C=O) groups is 1. The van der Waals surface area contributed by atoms with Crippen molar-refractivity contribution in [3.05, 3.63) is 59.7 Å². The van der Waals surface area contributed by atoms with Crippen molar-refractivity contribution in [1.29, 1.82) is 0 Å². The first-order chi connectivity index (χ1) is 13.1. The van der Waals surface area contributed by atoms with E-state index in [9.17, 15) is 26.7 Å². The maximum atomic E-state index is 12.8. The molecule has 0 aliphatic heterocycles. The number of hydrogen-bond donors (Lipinski definition) is 2. The number of hydrogen-bond acceptors (Lipinski definition) is 3. The van der Waals surface area contributed by atoms with Crippen LogP contribution in [-0.4, -0.2) is 29.8 Å². The number of anilines is 1. The maximum Gasteiger partial charge on any atom is 0.453 e. The van der Waals surface area contributed by atoms with Gasteiger partial charge in [0.2, 0.25) is 0 Å². The molecule has 28 heavy (non-hydrogen) atoms. The average molecular weight is 403 g/mol. The van der Waals surface area contributed by atoms with Crippen molar-refractivity contribution in [3.63, 3.8) is 0 Å². The van der Waals surface area contributed by atoms with Gasteiger partial charge in [-0.05, 0) is 42.3 Å². The van der Waals surface area contributed by atoms with Gasteiger partial charge in [-0.3, -0.25) is 0 Å². The summed E-state index contributed by atoms with van der Waals surface area (Å²) in [7, 11) is 0. The monoisotopic (exact) mass is 403 g/mol. The van der Waals surface area contributed by atoms with E-state index in [0.717, 1.165) is 5.56 Å². The highest BCUT2D eigenvalue weighted by atomic mass is 19.4. The molecule has 4 nitrogen and oxygen atoms in total. The fraction of sp³-hybridized carbons (Fsp3) is 0.316. The predicted molar refractivity (Wildman–Crippen MR) is 92.9 cm³/mol. The van der Waals surface area contributed by atoms with E-state index in [-0.39, 0.29) is 12.2 Å². The Morgan fingerprint density at radius 2 is 1.71 bits per heavy atom. The number of ether oxygens (including phenoxy) is 1. The van der Waals surface area contributed by atoms with Crippen LogP contribution in [-0.2, 0) is 6.54 Å². The minimum atomic E-state index is -5.55. The largest absolute Gasteiger partial charge is 0.494 e. The lowest BCUT2D eigenvalue weighted by Gasteiger charge is -2.19. The summed E-state index contributed by atoms with van der Waals surface area (Å²) in [6.07, 6.45) is -7.31. The van der Waals surface area contributed by atoms with Crippen molar-refractivity contribution in [2.45, 2.75) is 31.5 Å². The van der Waals surface area contributed by atoms with Crippen LogP contribution in [0.2, 0.25) is 0 Å². The van der Waals surface area contributed by atoms with E-state index in [2.05, 4.69) is 5.32 Å². The van der Waals surface area contributed by atoms with Crippen molar-refractivity contribution in [2.75, 3.05) is 11.9 Å². The van der Waals surface area contributed by atoms with Gasteiger partial charge < -0.3 is 15.2 Å². The molecule has 152 valence electrons. The molecule has 0 saturated carbocycles. The molecule has 0 fully saturated rings. The molecule has 0 radical (unpaired) electrons. The summed E-state index contributed by atoms with van der Waals surface area (Å²) >= 11 is 0. The molecule has 0 spiro atoms. The van der Waals surface area contributed by atoms with Crippen LogP contribution in [0.1, 0.15) is 28.8 Å². The summed E-state index contributed by atoms with van der Waals surface area (Å²) in [5.41, 5.74) is 1.63. The molecule has 0 heterocycles. The third kappa shape index (κ3) is 6.11. The lowest BCUT2D eigenvalue weighted by Crippen LogP contribution is -2.36. The van der Waals surface area contributed by atoms with Gasteiger partial charge in [-0.2, -0.15) is 22.0 Å². The number of halogens is 5. The number of nitrogens with one attached hydrogen (secondary N) is 1. The van der Waals surface area contributed by atoms with Crippen LogP contribution < -0.4 is 10.1 Å². The molecule has 0 amide bonds. The summed E-state index contributed by atoms with van der Waals surface area (Å²) < 4.78 is 66.9. The zero-order valence-corrected chi connectivity index (χ0v) is 14.6. The third-order valence-corrected chi connectivity index (χ3v) is 3.85. The van der Waals surface area contributed by atoms with Gasteiger partial charge in [0.05, 0.1) is 12.2 Å². The molecule has 0 aliphatic carbocycles. The highest BCUT2D eigenvalue weighted by Gasteiger charge is 2.56. The van der Waals surface area contributed by atoms with Gasteiger partial charge in [0, 0.05) is 18.7 Å². The van der Waals surface area contributed by atoms with Crippen molar-refractivity contribution >= 4 is 11.7 Å². The summed E-state index contributed by atoms with van der Waals surface area (Å²) in [5, 5.41) is 12.0. The maximum absolute atomic E-state index is 12.8. The average Bonchev–Trinajstić information content (AvgIpc) is 2.64. The van der Waals surface area contributed by atoms with E-state index in [0.29, 0.717) is 18.0 Å². The zero-order valence-electron chi connectivity index (χ0n) is 14.6. The molecule has 0 aromatic heterocycles. The highest BCUT2D eigenvalue weighted by molar-refractivity contribution is 5.88. The third-order valence-electron chi connectivity index (χ3n) is 3.85. The molecule has 0 atom stereocenters. The van der Waals surface area contributed by atoms with E-state index >= 15 is 0 Å². The van der Waals surface area contributed by atoms with Crippen LogP contribution in [0.5, 0.6) is 5.75 Å². The van der Waals surface area contributed by atoms with Crippen molar-refractivity contribution in [3.8, 4) is 5.75 Å². The summed E-state index contributed by atoms with van der Waals surface area (Å²) in [4.78, 5) is 10.9. The molecule has 0 aliphatic rings. The molecule has 2 aromatic carbocycles. The Bertz CT molecular complexity index is 791. The lowest BCUT2D eigenvalue weighted by molar-refractivity contribution is -0.284. The first-order valence-electron chi connectivity index (χ1n) is 8.32. The predicted octanol–water partition coefficient (Wildman–Crippen LogP) is 5.35. The normalized spacial score (nSPS) is 11.9. The highest BCUT2D eigenvalue weighted by Crippen LogP contribution is 2.38. The van der Waals surface area contributed by atoms with Gasteiger partial charge in [0.1, 0.15) is 5.75 Å². The standard InChI is InChI=1S/C19H18F5NO3/c20-18(21,19(22,23)24)9-2-10-28-16-7-5-13(6-8-16)12-25-15-4-1-3-14(11-15)17(26)27/h1,3-8,11,25H,2,9-10,12H2,(H,26,27). The Hall–Kier alpha value is -2.84. The summed E-state index contributed by atoms with van der Waals surface area (Å²) in [6, 6.07) is 12.9. The molecule has 2 aromatic rings. The van der Waals surface area contributed by atoms with Crippen LogP contribution in [0.25, 0.3) is 0 Å². The van der Waals surface area contributed by atoms with Crippen LogP contribution in [0.4, 0.5) is 27.6 Å². The Morgan fingerprint density at radius 1 is 1.04 bits per heavy atom. The second kappa shape index (κ2) is 8.90. The molecule has 0 bridgehead atoms. The van der Waals surface area contributed by atoms with Gasteiger partial charge in [-0.1, -0.05) is 18.2 Å². The molecular formula is C19H18F5NO3. The zero-order chi connectivity index (χ0) is 20.8. The molecule has 2 N–H and O–H groups in total. The quantitative estimate of drug-likeness (QED) is 0.438. The number of rotatable bonds is 9. The number of carboxylic acids is 1. The van der Waals surface area contributed by atoms with Crippen LogP contribution in [0.3, 0.4) is 0 Å². The van der Waals surface area contributed by atoms with E-state index < -0.39 is 30.9 Å². The smallest absolute Gasteiger partial charge is 0.453 e. The van der Waals surface area contributed by atoms with Gasteiger partial charge in [0.25, 0.3) is 0 Å². The van der Waals surface area contributed by atoms with Crippen LogP contribution in [0.15, 0.2) is 48.5 Å². The molecular weight excluding hydrogens is 385 g/mol.